The molecule has 9 nitrogen and oxygen atoms in total. The fraction of sp³-hybridized carbons (Fsp3) is 0.750. The lowest BCUT2D eigenvalue weighted by molar-refractivity contribution is -0.260. The Hall–Kier alpha value is -1.71. The second kappa shape index (κ2) is 7.34. The van der Waals surface area contributed by atoms with E-state index in [1.165, 1.54) is 6.92 Å². The molecule has 5 atom stereocenters. The highest BCUT2D eigenvalue weighted by molar-refractivity contribution is 5.67. The highest BCUT2D eigenvalue weighted by Gasteiger charge is 2.48. The van der Waals surface area contributed by atoms with Gasteiger partial charge in [0.25, 0.3) is 0 Å². The predicted molar refractivity (Wildman–Crippen MR) is 66.6 cm³/mol. The fourth-order valence-electron chi connectivity index (χ4n) is 1.95. The Bertz CT molecular complexity index is 412. The fourth-order valence-corrected chi connectivity index (χ4v) is 1.95. The third kappa shape index (κ3) is 4.96. The first-order chi connectivity index (χ1) is 9.72. The van der Waals surface area contributed by atoms with E-state index in [4.69, 9.17) is 24.7 Å². The summed E-state index contributed by atoms with van der Waals surface area (Å²) < 4.78 is 20.0. The lowest BCUT2D eigenvalue weighted by atomic mass is 9.97. The maximum Gasteiger partial charge on any atom is 0.303 e. The van der Waals surface area contributed by atoms with Crippen molar-refractivity contribution in [1.29, 1.82) is 0 Å². The third-order valence-electron chi connectivity index (χ3n) is 2.77. The molecule has 2 unspecified atom stereocenters. The number of rotatable bonds is 4. The summed E-state index contributed by atoms with van der Waals surface area (Å²) in [6.07, 6.45) is -4.67. The minimum atomic E-state index is -1.46. The van der Waals surface area contributed by atoms with Crippen molar-refractivity contribution in [3.63, 3.8) is 0 Å². The van der Waals surface area contributed by atoms with Crippen LogP contribution in [0, 0.1) is 0 Å². The van der Waals surface area contributed by atoms with E-state index in [9.17, 15) is 19.5 Å². The molecule has 1 fully saturated rings. The zero-order valence-electron chi connectivity index (χ0n) is 12.0. The van der Waals surface area contributed by atoms with Crippen molar-refractivity contribution in [2.75, 3.05) is 6.61 Å². The summed E-state index contributed by atoms with van der Waals surface area (Å²) in [4.78, 5) is 33.2. The SMILES string of the molecule is CC(=O)OCC1O[C@@H](O)C(N)[C@H](OC(C)=O)[C@@H]1OC(C)=O. The smallest absolute Gasteiger partial charge is 0.303 e. The summed E-state index contributed by atoms with van der Waals surface area (Å²) in [6.45, 7) is 3.22. The molecule has 1 rings (SSSR count). The molecule has 1 aliphatic rings. The van der Waals surface area contributed by atoms with Crippen LogP contribution >= 0.6 is 0 Å². The van der Waals surface area contributed by atoms with Gasteiger partial charge in [0.05, 0.1) is 6.04 Å². The first kappa shape index (κ1) is 17.3. The van der Waals surface area contributed by atoms with Crippen LogP contribution in [0.3, 0.4) is 0 Å². The van der Waals surface area contributed by atoms with Gasteiger partial charge < -0.3 is 29.8 Å². The number of hydrogen-bond acceptors (Lipinski definition) is 9. The topological polar surface area (TPSA) is 134 Å². The maximum absolute atomic E-state index is 11.2. The standard InChI is InChI=1S/C12H19NO8/c1-5(14)18-4-8-10(19-6(2)15)11(20-7(3)16)9(13)12(17)21-8/h8-12,17H,4,13H2,1-3H3/t8?,9?,10-,11+,12-/m1/s1. The van der Waals surface area contributed by atoms with Crippen molar-refractivity contribution in [3.05, 3.63) is 0 Å². The molecule has 0 radical (unpaired) electrons. The largest absolute Gasteiger partial charge is 0.463 e. The van der Waals surface area contributed by atoms with Gasteiger partial charge in [0.1, 0.15) is 12.7 Å². The Morgan fingerprint density at radius 1 is 1.05 bits per heavy atom. The van der Waals surface area contributed by atoms with Gasteiger partial charge in [-0.2, -0.15) is 0 Å². The summed E-state index contributed by atoms with van der Waals surface area (Å²) in [5.41, 5.74) is 5.70. The van der Waals surface area contributed by atoms with Gasteiger partial charge in [-0.3, -0.25) is 14.4 Å². The lowest BCUT2D eigenvalue weighted by Gasteiger charge is -2.41. The number of carbonyl (C=O) groups is 3. The zero-order chi connectivity index (χ0) is 16.2. The summed E-state index contributed by atoms with van der Waals surface area (Å²) >= 11 is 0. The summed E-state index contributed by atoms with van der Waals surface area (Å²) in [5, 5.41) is 9.73. The Labute approximate surface area is 121 Å². The van der Waals surface area contributed by atoms with Crippen LogP contribution in [0.1, 0.15) is 20.8 Å². The molecule has 0 aromatic carbocycles. The van der Waals surface area contributed by atoms with Crippen molar-refractivity contribution < 1.29 is 38.4 Å². The van der Waals surface area contributed by atoms with Gasteiger partial charge in [-0.1, -0.05) is 0 Å². The van der Waals surface area contributed by atoms with Crippen LogP contribution in [0.5, 0.6) is 0 Å². The average Bonchev–Trinajstić information content (AvgIpc) is 2.35. The lowest BCUT2D eigenvalue weighted by Crippen LogP contribution is -2.64. The number of ether oxygens (including phenoxy) is 4. The van der Waals surface area contributed by atoms with Gasteiger partial charge in [0.15, 0.2) is 18.5 Å². The molecule has 0 aromatic heterocycles. The molecule has 3 N–H and O–H groups in total. The number of aliphatic hydroxyl groups excluding tert-OH is 1. The summed E-state index contributed by atoms with van der Waals surface area (Å²) in [7, 11) is 0. The van der Waals surface area contributed by atoms with E-state index in [1.807, 2.05) is 0 Å². The Kier molecular flexibility index (Phi) is 6.06. The molecule has 1 heterocycles. The second-order valence-electron chi connectivity index (χ2n) is 4.59. The normalized spacial score (nSPS) is 32.1. The van der Waals surface area contributed by atoms with Gasteiger partial charge in [-0.05, 0) is 0 Å². The molecule has 0 aliphatic carbocycles. The minimum absolute atomic E-state index is 0.283. The highest BCUT2D eigenvalue weighted by atomic mass is 16.7. The molecule has 1 aliphatic heterocycles. The Morgan fingerprint density at radius 3 is 2.05 bits per heavy atom. The molecule has 0 bridgehead atoms. The molecule has 9 heteroatoms. The van der Waals surface area contributed by atoms with Crippen molar-refractivity contribution in [1.82, 2.24) is 0 Å². The maximum atomic E-state index is 11.2. The van der Waals surface area contributed by atoms with E-state index in [1.54, 1.807) is 0 Å². The Morgan fingerprint density at radius 2 is 1.57 bits per heavy atom. The minimum Gasteiger partial charge on any atom is -0.463 e. The van der Waals surface area contributed by atoms with Gasteiger partial charge in [-0.15, -0.1) is 0 Å². The van der Waals surface area contributed by atoms with Crippen LogP contribution in [0.2, 0.25) is 0 Å². The molecule has 0 amide bonds. The second-order valence-corrected chi connectivity index (χ2v) is 4.59. The van der Waals surface area contributed by atoms with Crippen molar-refractivity contribution in [2.24, 2.45) is 5.73 Å². The van der Waals surface area contributed by atoms with Crippen molar-refractivity contribution in [3.8, 4) is 0 Å². The molecule has 0 saturated carbocycles. The van der Waals surface area contributed by atoms with Gasteiger partial charge in [0.2, 0.25) is 0 Å². The molecule has 120 valence electrons. The molecular weight excluding hydrogens is 286 g/mol. The molecule has 0 spiro atoms. The number of carbonyl (C=O) groups excluding carboxylic acids is 3. The van der Waals surface area contributed by atoms with Crippen LogP contribution in [-0.2, 0) is 33.3 Å². The number of esters is 3. The van der Waals surface area contributed by atoms with Crippen LogP contribution in [0.4, 0.5) is 0 Å². The highest BCUT2D eigenvalue weighted by Crippen LogP contribution is 2.24. The summed E-state index contributed by atoms with van der Waals surface area (Å²) in [5.74, 6) is -1.89. The van der Waals surface area contributed by atoms with Crippen LogP contribution < -0.4 is 5.73 Å². The van der Waals surface area contributed by atoms with E-state index in [-0.39, 0.29) is 6.61 Å². The van der Waals surface area contributed by atoms with Gasteiger partial charge >= 0.3 is 17.9 Å². The zero-order valence-corrected chi connectivity index (χ0v) is 12.0. The average molecular weight is 305 g/mol. The first-order valence-electron chi connectivity index (χ1n) is 6.29. The van der Waals surface area contributed by atoms with E-state index >= 15 is 0 Å². The Balaban J connectivity index is 2.94. The molecule has 1 saturated heterocycles. The molecule has 0 aromatic rings. The van der Waals surface area contributed by atoms with E-state index in [2.05, 4.69) is 0 Å². The van der Waals surface area contributed by atoms with E-state index in [0.717, 1.165) is 13.8 Å². The van der Waals surface area contributed by atoms with E-state index < -0.39 is 48.6 Å². The van der Waals surface area contributed by atoms with Crippen LogP contribution in [-0.4, -0.2) is 60.3 Å². The quantitative estimate of drug-likeness (QED) is 0.468. The number of nitrogens with two attached hydrogens (primary N) is 1. The van der Waals surface area contributed by atoms with E-state index in [0.29, 0.717) is 0 Å². The predicted octanol–water partition coefficient (Wildman–Crippen LogP) is -1.54. The van der Waals surface area contributed by atoms with Crippen molar-refractivity contribution in [2.45, 2.75) is 51.4 Å². The van der Waals surface area contributed by atoms with Gasteiger partial charge in [0, 0.05) is 20.8 Å². The molecule has 21 heavy (non-hydrogen) atoms. The first-order valence-corrected chi connectivity index (χ1v) is 6.29. The van der Waals surface area contributed by atoms with Gasteiger partial charge in [-0.25, -0.2) is 0 Å². The number of hydrogen-bond donors (Lipinski definition) is 2. The van der Waals surface area contributed by atoms with Crippen LogP contribution in [0.25, 0.3) is 0 Å². The van der Waals surface area contributed by atoms with Crippen molar-refractivity contribution >= 4 is 17.9 Å². The third-order valence-corrected chi connectivity index (χ3v) is 2.77. The number of aliphatic hydroxyl groups is 1. The molecular formula is C12H19NO8. The summed E-state index contributed by atoms with van der Waals surface area (Å²) in [6, 6.07) is -1.10. The van der Waals surface area contributed by atoms with Crippen LogP contribution in [0.15, 0.2) is 0 Å². The monoisotopic (exact) mass is 305 g/mol.